The first-order valence-corrected chi connectivity index (χ1v) is 5.92. The van der Waals surface area contributed by atoms with Gasteiger partial charge < -0.3 is 15.0 Å². The molecule has 0 aliphatic carbocycles. The lowest BCUT2D eigenvalue weighted by Gasteiger charge is -2.06. The fourth-order valence-electron chi connectivity index (χ4n) is 1.37. The van der Waals surface area contributed by atoms with Crippen molar-refractivity contribution in [2.24, 2.45) is 0 Å². The van der Waals surface area contributed by atoms with Crippen LogP contribution >= 0.6 is 11.6 Å². The number of anilines is 1. The SMILES string of the molecule is O=C(COc1ccc(Cl)cc1)Nc1c[nH]c(=O)[nH]c1=O. The molecule has 1 heterocycles. The number of rotatable bonds is 4. The van der Waals surface area contributed by atoms with Crippen LogP contribution in [-0.4, -0.2) is 22.5 Å². The van der Waals surface area contributed by atoms with Gasteiger partial charge in [-0.25, -0.2) is 4.79 Å². The first kappa shape index (κ1) is 13.9. The topological polar surface area (TPSA) is 104 Å². The Labute approximate surface area is 117 Å². The number of hydrogen-bond acceptors (Lipinski definition) is 4. The Hall–Kier alpha value is -2.54. The summed E-state index contributed by atoms with van der Waals surface area (Å²) in [6.07, 6.45) is 1.11. The summed E-state index contributed by atoms with van der Waals surface area (Å²) in [6.45, 7) is -0.278. The van der Waals surface area contributed by atoms with E-state index in [1.165, 1.54) is 0 Å². The molecule has 0 saturated carbocycles. The molecule has 3 N–H and O–H groups in total. The highest BCUT2D eigenvalue weighted by atomic mass is 35.5. The largest absolute Gasteiger partial charge is 0.484 e. The Kier molecular flexibility index (Phi) is 4.21. The number of halogens is 1. The molecule has 0 aliphatic rings. The molecule has 0 bridgehead atoms. The van der Waals surface area contributed by atoms with E-state index in [0.717, 1.165) is 6.20 Å². The van der Waals surface area contributed by atoms with Crippen LogP contribution < -0.4 is 21.3 Å². The van der Waals surface area contributed by atoms with E-state index in [-0.39, 0.29) is 12.3 Å². The minimum absolute atomic E-state index is 0.0608. The van der Waals surface area contributed by atoms with Crippen LogP contribution in [0.3, 0.4) is 0 Å². The number of hydrogen-bond donors (Lipinski definition) is 3. The summed E-state index contributed by atoms with van der Waals surface area (Å²) in [7, 11) is 0. The third kappa shape index (κ3) is 3.72. The fraction of sp³-hybridized carbons (Fsp3) is 0.0833. The maximum Gasteiger partial charge on any atom is 0.325 e. The average molecular weight is 296 g/mol. The van der Waals surface area contributed by atoms with E-state index >= 15 is 0 Å². The molecular weight excluding hydrogens is 286 g/mol. The molecule has 0 fully saturated rings. The van der Waals surface area contributed by atoms with Crippen LogP contribution in [0.5, 0.6) is 5.75 Å². The van der Waals surface area contributed by atoms with Gasteiger partial charge in [0.2, 0.25) is 0 Å². The molecule has 104 valence electrons. The van der Waals surface area contributed by atoms with Crippen molar-refractivity contribution in [3.63, 3.8) is 0 Å². The number of carbonyl (C=O) groups excluding carboxylic acids is 1. The molecule has 0 atom stereocenters. The smallest absolute Gasteiger partial charge is 0.325 e. The second-order valence-electron chi connectivity index (χ2n) is 3.78. The van der Waals surface area contributed by atoms with Gasteiger partial charge in [0, 0.05) is 11.2 Å². The highest BCUT2D eigenvalue weighted by Gasteiger charge is 2.07. The average Bonchev–Trinajstić information content (AvgIpc) is 2.41. The maximum absolute atomic E-state index is 11.6. The molecule has 2 rings (SSSR count). The lowest BCUT2D eigenvalue weighted by atomic mass is 10.3. The number of aromatic nitrogens is 2. The highest BCUT2D eigenvalue weighted by Crippen LogP contribution is 2.15. The van der Waals surface area contributed by atoms with Crippen molar-refractivity contribution in [3.8, 4) is 5.75 Å². The van der Waals surface area contributed by atoms with Crippen molar-refractivity contribution in [2.45, 2.75) is 0 Å². The summed E-state index contributed by atoms with van der Waals surface area (Å²) >= 11 is 5.71. The molecule has 1 aromatic carbocycles. The number of nitrogens with one attached hydrogen (secondary N) is 3. The van der Waals surface area contributed by atoms with Crippen molar-refractivity contribution in [2.75, 3.05) is 11.9 Å². The number of H-pyrrole nitrogens is 2. The van der Waals surface area contributed by atoms with Crippen LogP contribution in [0.25, 0.3) is 0 Å². The van der Waals surface area contributed by atoms with E-state index in [4.69, 9.17) is 16.3 Å². The predicted molar refractivity (Wildman–Crippen MR) is 73.3 cm³/mol. The van der Waals surface area contributed by atoms with Gasteiger partial charge in [0.15, 0.2) is 6.61 Å². The summed E-state index contributed by atoms with van der Waals surface area (Å²) in [4.78, 5) is 38.0. The zero-order valence-corrected chi connectivity index (χ0v) is 10.9. The molecule has 20 heavy (non-hydrogen) atoms. The van der Waals surface area contributed by atoms with Gasteiger partial charge in [-0.15, -0.1) is 0 Å². The summed E-state index contributed by atoms with van der Waals surface area (Å²) < 4.78 is 5.20. The summed E-state index contributed by atoms with van der Waals surface area (Å²) in [6, 6.07) is 6.48. The van der Waals surface area contributed by atoms with E-state index < -0.39 is 17.2 Å². The number of benzene rings is 1. The van der Waals surface area contributed by atoms with Gasteiger partial charge in [0.05, 0.1) is 0 Å². The van der Waals surface area contributed by atoms with Crippen LogP contribution in [0.15, 0.2) is 40.1 Å². The van der Waals surface area contributed by atoms with Gasteiger partial charge in [0.25, 0.3) is 11.5 Å². The normalized spacial score (nSPS) is 10.1. The summed E-state index contributed by atoms with van der Waals surface area (Å²) in [5.74, 6) is -0.0579. The van der Waals surface area contributed by atoms with E-state index in [2.05, 4.69) is 10.3 Å². The Bertz CT molecular complexity index is 720. The van der Waals surface area contributed by atoms with E-state index in [1.807, 2.05) is 4.98 Å². The molecule has 0 aliphatic heterocycles. The zero-order valence-electron chi connectivity index (χ0n) is 10.1. The van der Waals surface area contributed by atoms with Crippen molar-refractivity contribution in [1.82, 2.24) is 9.97 Å². The molecule has 1 amide bonds. The molecule has 2 aromatic rings. The number of aromatic amines is 2. The van der Waals surface area contributed by atoms with Crippen molar-refractivity contribution in [3.05, 3.63) is 56.3 Å². The number of carbonyl (C=O) groups is 1. The molecule has 0 spiro atoms. The number of ether oxygens (including phenoxy) is 1. The van der Waals surface area contributed by atoms with Crippen molar-refractivity contribution < 1.29 is 9.53 Å². The quantitative estimate of drug-likeness (QED) is 0.773. The van der Waals surface area contributed by atoms with E-state index in [1.54, 1.807) is 24.3 Å². The Morgan fingerprint density at radius 2 is 1.95 bits per heavy atom. The van der Waals surface area contributed by atoms with Gasteiger partial charge in [-0.3, -0.25) is 14.6 Å². The van der Waals surface area contributed by atoms with E-state index in [0.29, 0.717) is 10.8 Å². The van der Waals surface area contributed by atoms with Gasteiger partial charge in [0.1, 0.15) is 11.4 Å². The monoisotopic (exact) mass is 295 g/mol. The summed E-state index contributed by atoms with van der Waals surface area (Å²) in [5, 5.41) is 2.87. The van der Waals surface area contributed by atoms with Crippen LogP contribution in [0, 0.1) is 0 Å². The second-order valence-corrected chi connectivity index (χ2v) is 4.21. The van der Waals surface area contributed by atoms with Crippen molar-refractivity contribution >= 4 is 23.2 Å². The van der Waals surface area contributed by atoms with Crippen LogP contribution in [0.2, 0.25) is 5.02 Å². The van der Waals surface area contributed by atoms with Crippen LogP contribution in [0.1, 0.15) is 0 Å². The molecule has 0 unspecified atom stereocenters. The molecule has 7 nitrogen and oxygen atoms in total. The molecule has 0 radical (unpaired) electrons. The van der Waals surface area contributed by atoms with Crippen molar-refractivity contribution in [1.29, 1.82) is 0 Å². The minimum atomic E-state index is -0.686. The molecule has 8 heteroatoms. The Balaban J connectivity index is 1.94. The second kappa shape index (κ2) is 6.07. The first-order valence-electron chi connectivity index (χ1n) is 5.55. The third-order valence-electron chi connectivity index (χ3n) is 2.28. The molecular formula is C12H10ClN3O4. The first-order chi connectivity index (χ1) is 9.54. The van der Waals surface area contributed by atoms with Crippen LogP contribution in [-0.2, 0) is 4.79 Å². The third-order valence-corrected chi connectivity index (χ3v) is 2.53. The Morgan fingerprint density at radius 1 is 1.25 bits per heavy atom. The predicted octanol–water partition coefficient (Wildman–Crippen LogP) is 0.734. The minimum Gasteiger partial charge on any atom is -0.484 e. The highest BCUT2D eigenvalue weighted by molar-refractivity contribution is 6.30. The van der Waals surface area contributed by atoms with Gasteiger partial charge in [-0.05, 0) is 24.3 Å². The standard InChI is InChI=1S/C12H10ClN3O4/c13-7-1-3-8(4-2-7)20-6-10(17)15-9-5-14-12(19)16-11(9)18/h1-5H,6H2,(H,15,17)(H2,14,16,18,19). The molecule has 0 saturated heterocycles. The number of amides is 1. The zero-order chi connectivity index (χ0) is 14.5. The fourth-order valence-corrected chi connectivity index (χ4v) is 1.49. The lowest BCUT2D eigenvalue weighted by Crippen LogP contribution is -2.28. The van der Waals surface area contributed by atoms with Gasteiger partial charge in [-0.1, -0.05) is 11.6 Å². The summed E-state index contributed by atoms with van der Waals surface area (Å²) in [5.41, 5.74) is -1.40. The molecule has 1 aromatic heterocycles. The van der Waals surface area contributed by atoms with E-state index in [9.17, 15) is 14.4 Å². The maximum atomic E-state index is 11.6. The van der Waals surface area contributed by atoms with Crippen LogP contribution in [0.4, 0.5) is 5.69 Å². The Morgan fingerprint density at radius 3 is 2.60 bits per heavy atom. The van der Waals surface area contributed by atoms with Gasteiger partial charge in [-0.2, -0.15) is 0 Å². The van der Waals surface area contributed by atoms with Gasteiger partial charge >= 0.3 is 5.69 Å². The lowest BCUT2D eigenvalue weighted by molar-refractivity contribution is -0.118.